The summed E-state index contributed by atoms with van der Waals surface area (Å²) in [5, 5.41) is 8.87. The lowest BCUT2D eigenvalue weighted by Crippen LogP contribution is -2.47. The molecule has 2 N–H and O–H groups in total. The Bertz CT molecular complexity index is 841. The van der Waals surface area contributed by atoms with Crippen molar-refractivity contribution in [2.45, 2.75) is 12.8 Å². The molecule has 0 atom stereocenters. The van der Waals surface area contributed by atoms with Gasteiger partial charge in [0.2, 0.25) is 0 Å². The number of fused-ring (bicyclic) bond motifs is 1. The van der Waals surface area contributed by atoms with Gasteiger partial charge in [-0.05, 0) is 42.7 Å². The Balaban J connectivity index is 1.57. The van der Waals surface area contributed by atoms with E-state index in [4.69, 9.17) is 5.26 Å². The minimum absolute atomic E-state index is 0.176. The number of amides is 2. The van der Waals surface area contributed by atoms with Gasteiger partial charge in [0.1, 0.15) is 0 Å². The maximum absolute atomic E-state index is 12.2. The molecule has 2 amide bonds. The quantitative estimate of drug-likeness (QED) is 0.838. The van der Waals surface area contributed by atoms with Crippen LogP contribution in [0.15, 0.2) is 48.5 Å². The Morgan fingerprint density at radius 2 is 1.96 bits per heavy atom. The highest BCUT2D eigenvalue weighted by molar-refractivity contribution is 5.96. The molecule has 0 radical (unpaired) electrons. The van der Waals surface area contributed by atoms with Crippen LogP contribution in [-0.4, -0.2) is 24.9 Å². The van der Waals surface area contributed by atoms with E-state index in [1.165, 1.54) is 11.6 Å². The van der Waals surface area contributed by atoms with Crippen molar-refractivity contribution in [1.29, 1.82) is 5.26 Å². The van der Waals surface area contributed by atoms with Crippen molar-refractivity contribution in [2.75, 3.05) is 18.0 Å². The average molecular weight is 334 g/mol. The topological polar surface area (TPSA) is 85.2 Å². The zero-order chi connectivity index (χ0) is 17.6. The fraction of sp³-hybridized carbons (Fsp3) is 0.211. The first-order chi connectivity index (χ1) is 12.2. The summed E-state index contributed by atoms with van der Waals surface area (Å²) in [7, 11) is 0. The van der Waals surface area contributed by atoms with Gasteiger partial charge >= 0.3 is 0 Å². The van der Waals surface area contributed by atoms with E-state index in [1.54, 1.807) is 18.2 Å². The normalized spacial score (nSPS) is 12.7. The predicted octanol–water partition coefficient (Wildman–Crippen LogP) is 1.77. The number of nitrogens with one attached hydrogen (secondary N) is 2. The fourth-order valence-corrected chi connectivity index (χ4v) is 2.92. The van der Waals surface area contributed by atoms with Crippen LogP contribution in [0.1, 0.15) is 27.9 Å². The molecule has 0 saturated carbocycles. The van der Waals surface area contributed by atoms with Crippen LogP contribution in [0, 0.1) is 11.3 Å². The minimum atomic E-state index is -0.454. The van der Waals surface area contributed by atoms with Crippen LogP contribution in [0.5, 0.6) is 0 Å². The van der Waals surface area contributed by atoms with E-state index in [-0.39, 0.29) is 12.5 Å². The summed E-state index contributed by atoms with van der Waals surface area (Å²) in [6.45, 7) is 0.984. The maximum atomic E-state index is 12.2. The van der Waals surface area contributed by atoms with E-state index < -0.39 is 5.91 Å². The molecule has 0 aromatic heterocycles. The van der Waals surface area contributed by atoms with E-state index in [0.717, 1.165) is 25.1 Å². The van der Waals surface area contributed by atoms with Gasteiger partial charge in [-0.15, -0.1) is 0 Å². The van der Waals surface area contributed by atoms with E-state index in [2.05, 4.69) is 16.9 Å². The monoisotopic (exact) mass is 334 g/mol. The van der Waals surface area contributed by atoms with Crippen LogP contribution in [-0.2, 0) is 11.2 Å². The third kappa shape index (κ3) is 3.96. The van der Waals surface area contributed by atoms with Crippen molar-refractivity contribution < 1.29 is 9.59 Å². The van der Waals surface area contributed by atoms with Gasteiger partial charge < -0.3 is 4.90 Å². The smallest absolute Gasteiger partial charge is 0.269 e. The highest BCUT2D eigenvalue weighted by Gasteiger charge is 2.18. The lowest BCUT2D eigenvalue weighted by atomic mass is 10.0. The third-order valence-electron chi connectivity index (χ3n) is 4.11. The van der Waals surface area contributed by atoms with E-state index in [0.29, 0.717) is 11.1 Å². The third-order valence-corrected chi connectivity index (χ3v) is 4.11. The van der Waals surface area contributed by atoms with Gasteiger partial charge in [0.05, 0.1) is 18.2 Å². The van der Waals surface area contributed by atoms with Gasteiger partial charge in [0.25, 0.3) is 11.8 Å². The molecule has 0 unspecified atom stereocenters. The molecule has 6 heteroatoms. The van der Waals surface area contributed by atoms with Crippen molar-refractivity contribution in [2.24, 2.45) is 0 Å². The summed E-state index contributed by atoms with van der Waals surface area (Å²) >= 11 is 0. The number of para-hydroxylation sites is 1. The molecular formula is C19H18N4O2. The first-order valence-electron chi connectivity index (χ1n) is 8.09. The standard InChI is InChI=1S/C19H18N4O2/c20-12-14-5-3-7-16(11-14)19(25)22-21-18(24)13-23-10-4-8-15-6-1-2-9-17(15)23/h1-3,5-7,9,11H,4,8,10,13H2,(H,21,24)(H,22,25). The highest BCUT2D eigenvalue weighted by Crippen LogP contribution is 2.26. The molecule has 25 heavy (non-hydrogen) atoms. The zero-order valence-electron chi connectivity index (χ0n) is 13.7. The summed E-state index contributed by atoms with van der Waals surface area (Å²) < 4.78 is 0. The number of nitriles is 1. The van der Waals surface area contributed by atoms with Gasteiger partial charge in [-0.1, -0.05) is 24.3 Å². The second-order valence-electron chi connectivity index (χ2n) is 5.85. The first-order valence-corrected chi connectivity index (χ1v) is 8.09. The summed E-state index contributed by atoms with van der Waals surface area (Å²) in [6.07, 6.45) is 2.01. The van der Waals surface area contributed by atoms with Crippen LogP contribution >= 0.6 is 0 Å². The second kappa shape index (κ2) is 7.49. The summed E-state index contributed by atoms with van der Waals surface area (Å²) in [6, 6.07) is 16.3. The van der Waals surface area contributed by atoms with Crippen molar-refractivity contribution in [3.8, 4) is 6.07 Å². The van der Waals surface area contributed by atoms with Crippen LogP contribution in [0.3, 0.4) is 0 Å². The number of hydrogen-bond acceptors (Lipinski definition) is 4. The maximum Gasteiger partial charge on any atom is 0.269 e. The lowest BCUT2D eigenvalue weighted by Gasteiger charge is -2.30. The average Bonchev–Trinajstić information content (AvgIpc) is 2.66. The van der Waals surface area contributed by atoms with Crippen molar-refractivity contribution in [3.63, 3.8) is 0 Å². The predicted molar refractivity (Wildman–Crippen MR) is 93.7 cm³/mol. The molecule has 1 heterocycles. The molecule has 0 spiro atoms. The van der Waals surface area contributed by atoms with E-state index in [1.807, 2.05) is 29.2 Å². The minimum Gasteiger partial charge on any atom is -0.362 e. The van der Waals surface area contributed by atoms with Crippen LogP contribution in [0.25, 0.3) is 0 Å². The Hall–Kier alpha value is -3.33. The molecule has 6 nitrogen and oxygen atoms in total. The number of anilines is 1. The number of carbonyl (C=O) groups excluding carboxylic acids is 2. The number of hydrazine groups is 1. The van der Waals surface area contributed by atoms with Gasteiger partial charge in [-0.25, -0.2) is 0 Å². The van der Waals surface area contributed by atoms with Gasteiger partial charge in [-0.2, -0.15) is 5.26 Å². The van der Waals surface area contributed by atoms with E-state index in [9.17, 15) is 9.59 Å². The molecule has 3 rings (SSSR count). The van der Waals surface area contributed by atoms with Gasteiger partial charge in [0, 0.05) is 17.8 Å². The van der Waals surface area contributed by atoms with Gasteiger partial charge in [0.15, 0.2) is 0 Å². The van der Waals surface area contributed by atoms with Crippen LogP contribution in [0.2, 0.25) is 0 Å². The van der Waals surface area contributed by atoms with Crippen molar-refractivity contribution in [3.05, 3.63) is 65.2 Å². The van der Waals surface area contributed by atoms with E-state index >= 15 is 0 Å². The number of nitrogens with zero attached hydrogens (tertiary/aromatic N) is 2. The molecule has 0 aliphatic carbocycles. The molecule has 1 aliphatic heterocycles. The Kier molecular flexibility index (Phi) is 4.95. The number of rotatable bonds is 3. The molecular weight excluding hydrogens is 316 g/mol. The second-order valence-corrected chi connectivity index (χ2v) is 5.85. The SMILES string of the molecule is N#Cc1cccc(C(=O)NNC(=O)CN2CCCc3ccccc32)c1. The Morgan fingerprint density at radius 1 is 1.12 bits per heavy atom. The van der Waals surface area contributed by atoms with Crippen LogP contribution < -0.4 is 15.8 Å². The number of hydrogen-bond donors (Lipinski definition) is 2. The zero-order valence-corrected chi connectivity index (χ0v) is 13.7. The Labute approximate surface area is 146 Å². The van der Waals surface area contributed by atoms with Crippen LogP contribution in [0.4, 0.5) is 5.69 Å². The number of carbonyl (C=O) groups is 2. The largest absolute Gasteiger partial charge is 0.362 e. The summed E-state index contributed by atoms with van der Waals surface area (Å²) in [4.78, 5) is 26.2. The molecule has 0 saturated heterocycles. The molecule has 1 aliphatic rings. The highest BCUT2D eigenvalue weighted by atomic mass is 16.2. The molecule has 2 aromatic carbocycles. The summed E-state index contributed by atoms with van der Waals surface area (Å²) in [5.41, 5.74) is 7.84. The fourth-order valence-electron chi connectivity index (χ4n) is 2.92. The Morgan fingerprint density at radius 3 is 2.80 bits per heavy atom. The van der Waals surface area contributed by atoms with Crippen molar-refractivity contribution >= 4 is 17.5 Å². The number of aryl methyl sites for hydroxylation is 1. The number of benzene rings is 2. The first kappa shape index (κ1) is 16.5. The van der Waals surface area contributed by atoms with Crippen molar-refractivity contribution in [1.82, 2.24) is 10.9 Å². The summed E-state index contributed by atoms with van der Waals surface area (Å²) in [5.74, 6) is -0.744. The lowest BCUT2D eigenvalue weighted by molar-refractivity contribution is -0.120. The molecule has 126 valence electrons. The molecule has 2 aromatic rings. The van der Waals surface area contributed by atoms with Gasteiger partial charge in [-0.3, -0.25) is 20.4 Å². The molecule has 0 bridgehead atoms. The molecule has 0 fully saturated rings.